The summed E-state index contributed by atoms with van der Waals surface area (Å²) in [5.74, 6) is 0.486. The number of carbonyl (C=O) groups is 1. The van der Waals surface area contributed by atoms with Gasteiger partial charge in [0.05, 0.1) is 17.4 Å². The Bertz CT molecular complexity index is 1120. The highest BCUT2D eigenvalue weighted by molar-refractivity contribution is 5.87. The van der Waals surface area contributed by atoms with Crippen molar-refractivity contribution in [2.24, 2.45) is 0 Å². The van der Waals surface area contributed by atoms with Gasteiger partial charge >= 0.3 is 6.03 Å². The zero-order valence-electron chi connectivity index (χ0n) is 20.0. The van der Waals surface area contributed by atoms with Crippen molar-refractivity contribution in [2.75, 3.05) is 18.4 Å². The van der Waals surface area contributed by atoms with Crippen molar-refractivity contribution in [3.63, 3.8) is 0 Å². The molecule has 1 aliphatic heterocycles. The number of piperidine rings is 1. The highest BCUT2D eigenvalue weighted by Crippen LogP contribution is 2.37. The summed E-state index contributed by atoms with van der Waals surface area (Å²) in [4.78, 5) is 33.9. The predicted molar refractivity (Wildman–Crippen MR) is 131 cm³/mol. The Morgan fingerprint density at radius 1 is 1.18 bits per heavy atom. The molecule has 8 heteroatoms. The van der Waals surface area contributed by atoms with E-state index in [1.807, 2.05) is 23.4 Å². The minimum Gasteiger partial charge on any atom is -0.331 e. The van der Waals surface area contributed by atoms with E-state index in [0.717, 1.165) is 51.0 Å². The first-order valence-corrected chi connectivity index (χ1v) is 12.3. The van der Waals surface area contributed by atoms with Crippen LogP contribution in [-0.2, 0) is 13.0 Å². The lowest BCUT2D eigenvalue weighted by molar-refractivity contribution is 0.0647. The highest BCUT2D eigenvalue weighted by atomic mass is 16.2. The normalized spacial score (nSPS) is 18.7. The van der Waals surface area contributed by atoms with Crippen LogP contribution in [-0.4, -0.2) is 54.9 Å². The molecule has 0 unspecified atom stereocenters. The predicted octanol–water partition coefficient (Wildman–Crippen LogP) is 4.39. The quantitative estimate of drug-likeness (QED) is 0.591. The number of aromatic amines is 1. The number of H-pyrrole nitrogens is 1. The molecule has 3 aromatic heterocycles. The minimum atomic E-state index is -0.0966. The molecule has 1 atom stereocenters. The van der Waals surface area contributed by atoms with Gasteiger partial charge in [-0.25, -0.2) is 9.78 Å². The van der Waals surface area contributed by atoms with E-state index in [9.17, 15) is 4.79 Å². The van der Waals surface area contributed by atoms with Crippen LogP contribution in [0.4, 0.5) is 10.7 Å². The molecule has 5 rings (SSSR count). The molecule has 1 saturated heterocycles. The fraction of sp³-hybridized carbons (Fsp3) is 0.462. The van der Waals surface area contributed by atoms with Gasteiger partial charge in [0.25, 0.3) is 0 Å². The lowest BCUT2D eigenvalue weighted by Crippen LogP contribution is -2.49. The molecule has 0 saturated carbocycles. The lowest BCUT2D eigenvalue weighted by Gasteiger charge is -2.43. The molecule has 0 aromatic carbocycles. The fourth-order valence-corrected chi connectivity index (χ4v) is 5.40. The van der Waals surface area contributed by atoms with Crippen molar-refractivity contribution in [3.8, 4) is 0 Å². The van der Waals surface area contributed by atoms with Crippen LogP contribution >= 0.6 is 0 Å². The summed E-state index contributed by atoms with van der Waals surface area (Å²) in [5, 5.41) is 2.85. The molecule has 8 nitrogen and oxygen atoms in total. The van der Waals surface area contributed by atoms with E-state index in [0.29, 0.717) is 12.0 Å². The molecule has 1 fully saturated rings. The van der Waals surface area contributed by atoms with E-state index in [-0.39, 0.29) is 12.1 Å². The topological polar surface area (TPSA) is 90.0 Å². The van der Waals surface area contributed by atoms with Crippen LogP contribution in [0.3, 0.4) is 0 Å². The Hall–Kier alpha value is -3.26. The van der Waals surface area contributed by atoms with Gasteiger partial charge < -0.3 is 9.88 Å². The highest BCUT2D eigenvalue weighted by Gasteiger charge is 2.35. The van der Waals surface area contributed by atoms with Gasteiger partial charge in [-0.1, -0.05) is 12.1 Å². The summed E-state index contributed by atoms with van der Waals surface area (Å²) in [6.45, 7) is 6.48. The van der Waals surface area contributed by atoms with Gasteiger partial charge in [0.2, 0.25) is 5.95 Å². The maximum absolute atomic E-state index is 12.7. The number of likely N-dealkylation sites (tertiary alicyclic amines) is 1. The smallest absolute Gasteiger partial charge is 0.324 e. The van der Waals surface area contributed by atoms with E-state index in [1.165, 1.54) is 28.8 Å². The second kappa shape index (κ2) is 9.93. The molecule has 2 aliphatic rings. The number of imidazole rings is 1. The number of nitrogens with one attached hydrogen (secondary N) is 2. The molecule has 2 N–H and O–H groups in total. The summed E-state index contributed by atoms with van der Waals surface area (Å²) in [5.41, 5.74) is 6.14. The van der Waals surface area contributed by atoms with Gasteiger partial charge in [-0.15, -0.1) is 0 Å². The van der Waals surface area contributed by atoms with Crippen molar-refractivity contribution in [1.82, 2.24) is 29.7 Å². The lowest BCUT2D eigenvalue weighted by atomic mass is 9.88. The first-order valence-electron chi connectivity index (χ1n) is 12.3. The van der Waals surface area contributed by atoms with Crippen molar-refractivity contribution >= 4 is 12.0 Å². The van der Waals surface area contributed by atoms with Crippen LogP contribution in [0, 0.1) is 13.8 Å². The number of amides is 2. The second-order valence-corrected chi connectivity index (χ2v) is 9.49. The first kappa shape index (κ1) is 22.5. The molecule has 0 spiro atoms. The number of pyridine rings is 2. The van der Waals surface area contributed by atoms with E-state index < -0.39 is 0 Å². The van der Waals surface area contributed by atoms with Gasteiger partial charge in [0.15, 0.2) is 0 Å². The number of hydrogen-bond donors (Lipinski definition) is 2. The Balaban J connectivity index is 1.35. The Labute approximate surface area is 200 Å². The number of fused-ring (bicyclic) bond motifs is 1. The van der Waals surface area contributed by atoms with Gasteiger partial charge in [-0.3, -0.25) is 20.2 Å². The van der Waals surface area contributed by atoms with Crippen molar-refractivity contribution in [3.05, 3.63) is 71.1 Å². The Morgan fingerprint density at radius 2 is 2.03 bits per heavy atom. The molecule has 1 aliphatic carbocycles. The summed E-state index contributed by atoms with van der Waals surface area (Å²) in [7, 11) is 0. The maximum Gasteiger partial charge on any atom is 0.324 e. The minimum absolute atomic E-state index is 0.0966. The Kier molecular flexibility index (Phi) is 6.58. The van der Waals surface area contributed by atoms with Crippen molar-refractivity contribution in [2.45, 2.75) is 64.6 Å². The number of aryl methyl sites for hydroxylation is 3. The largest absolute Gasteiger partial charge is 0.331 e. The molecule has 34 heavy (non-hydrogen) atoms. The van der Waals surface area contributed by atoms with Crippen LogP contribution in [0.5, 0.6) is 0 Å². The molecular weight excluding hydrogens is 426 g/mol. The molecule has 0 radical (unpaired) electrons. The fourth-order valence-electron chi connectivity index (χ4n) is 5.40. The third kappa shape index (κ3) is 4.82. The zero-order chi connectivity index (χ0) is 23.5. The van der Waals surface area contributed by atoms with E-state index in [4.69, 9.17) is 9.97 Å². The van der Waals surface area contributed by atoms with E-state index in [1.54, 1.807) is 12.4 Å². The summed E-state index contributed by atoms with van der Waals surface area (Å²) in [6, 6.07) is 7.04. The Morgan fingerprint density at radius 3 is 2.79 bits per heavy atom. The number of hydrogen-bond acceptors (Lipinski definition) is 5. The van der Waals surface area contributed by atoms with Gasteiger partial charge in [0.1, 0.15) is 0 Å². The monoisotopic (exact) mass is 459 g/mol. The SMILES string of the molecule is Cc1cnc(CN(C2CCN(C(=O)Nc3ncc[nH]3)CC2)[C@H]2CCCc3cccnc32)c(C)c1. The molecule has 178 valence electrons. The van der Waals surface area contributed by atoms with Crippen LogP contribution in [0.1, 0.15) is 59.8 Å². The van der Waals surface area contributed by atoms with E-state index in [2.05, 4.69) is 46.2 Å². The van der Waals surface area contributed by atoms with Crippen LogP contribution in [0.2, 0.25) is 0 Å². The number of urea groups is 1. The van der Waals surface area contributed by atoms with Gasteiger partial charge in [-0.2, -0.15) is 0 Å². The summed E-state index contributed by atoms with van der Waals surface area (Å²) < 4.78 is 0. The number of anilines is 1. The van der Waals surface area contributed by atoms with E-state index >= 15 is 0 Å². The number of nitrogens with zero attached hydrogens (tertiary/aromatic N) is 5. The average Bonchev–Trinajstić information content (AvgIpc) is 3.37. The summed E-state index contributed by atoms with van der Waals surface area (Å²) >= 11 is 0. The number of carbonyl (C=O) groups excluding carboxylic acids is 1. The molecule has 0 bridgehead atoms. The van der Waals surface area contributed by atoms with Crippen LogP contribution in [0.25, 0.3) is 0 Å². The molecule has 2 amide bonds. The standard InChI is InChI=1S/C26H33N7O/c1-18-15-19(2)22(30-16-18)17-33(23-7-3-5-20-6-4-10-27-24(20)23)21-8-13-32(14-9-21)26(34)31-25-28-11-12-29-25/h4,6,10-12,15-16,21,23H,3,5,7-9,13-14,17H2,1-2H3,(H2,28,29,31,34)/t23-/m0/s1. The molecular formula is C26H33N7O. The second-order valence-electron chi connectivity index (χ2n) is 9.49. The molecule has 3 aromatic rings. The van der Waals surface area contributed by atoms with Gasteiger partial charge in [-0.05, 0) is 68.7 Å². The third-order valence-corrected chi connectivity index (χ3v) is 7.17. The molecule has 4 heterocycles. The first-order chi connectivity index (χ1) is 16.6. The average molecular weight is 460 g/mol. The van der Waals surface area contributed by atoms with Crippen LogP contribution in [0.15, 0.2) is 43.0 Å². The van der Waals surface area contributed by atoms with Gasteiger partial charge in [0, 0.05) is 50.5 Å². The van der Waals surface area contributed by atoms with Crippen LogP contribution < -0.4 is 5.32 Å². The maximum atomic E-state index is 12.7. The number of rotatable bonds is 5. The summed E-state index contributed by atoms with van der Waals surface area (Å²) in [6.07, 6.45) is 12.5. The number of aromatic nitrogens is 4. The van der Waals surface area contributed by atoms with Crippen molar-refractivity contribution in [1.29, 1.82) is 0 Å². The van der Waals surface area contributed by atoms with Crippen molar-refractivity contribution < 1.29 is 4.79 Å². The third-order valence-electron chi connectivity index (χ3n) is 7.17. The zero-order valence-corrected chi connectivity index (χ0v) is 20.0.